The van der Waals surface area contributed by atoms with Crippen LogP contribution in [0.5, 0.6) is 5.75 Å². The van der Waals surface area contributed by atoms with Gasteiger partial charge in [0.1, 0.15) is 10.6 Å². The van der Waals surface area contributed by atoms with Crippen LogP contribution in [0.3, 0.4) is 0 Å². The number of carbonyl (C=O) groups is 2. The maximum absolute atomic E-state index is 12.8. The third kappa shape index (κ3) is 7.29. The van der Waals surface area contributed by atoms with Gasteiger partial charge in [-0.15, -0.1) is 6.42 Å². The summed E-state index contributed by atoms with van der Waals surface area (Å²) in [5, 5.41) is 5.59. The molecule has 0 aromatic heterocycles. The highest BCUT2D eigenvalue weighted by atomic mass is 35.5. The zero-order chi connectivity index (χ0) is 22.9. The van der Waals surface area contributed by atoms with Crippen molar-refractivity contribution >= 4 is 33.4 Å². The Morgan fingerprint density at radius 3 is 2.48 bits per heavy atom. The molecule has 0 heterocycles. The quantitative estimate of drug-likeness (QED) is 0.464. The van der Waals surface area contributed by atoms with Gasteiger partial charge in [0, 0.05) is 30.1 Å². The van der Waals surface area contributed by atoms with Gasteiger partial charge in [-0.25, -0.2) is 13.1 Å². The Morgan fingerprint density at radius 2 is 1.84 bits per heavy atom. The summed E-state index contributed by atoms with van der Waals surface area (Å²) in [5.74, 6) is 1.54. The molecular weight excluding hydrogens is 442 g/mol. The molecule has 0 saturated carbocycles. The lowest BCUT2D eigenvalue weighted by Crippen LogP contribution is -2.31. The Balaban J connectivity index is 2.09. The van der Waals surface area contributed by atoms with E-state index in [1.807, 2.05) is 0 Å². The molecule has 0 atom stereocenters. The van der Waals surface area contributed by atoms with Gasteiger partial charge in [-0.05, 0) is 35.9 Å². The molecule has 0 radical (unpaired) electrons. The fourth-order valence-corrected chi connectivity index (χ4v) is 3.85. The molecular formula is C21H22ClN3O5S. The van der Waals surface area contributed by atoms with Crippen LogP contribution in [-0.4, -0.2) is 40.4 Å². The van der Waals surface area contributed by atoms with Crippen molar-refractivity contribution in [2.75, 3.05) is 20.2 Å². The van der Waals surface area contributed by atoms with E-state index in [0.29, 0.717) is 10.6 Å². The number of hydrogen-bond donors (Lipinski definition) is 3. The molecule has 10 heteroatoms. The van der Waals surface area contributed by atoms with Gasteiger partial charge in [0.15, 0.2) is 0 Å². The van der Waals surface area contributed by atoms with E-state index in [1.54, 1.807) is 24.3 Å². The Bertz CT molecular complexity index is 1080. The van der Waals surface area contributed by atoms with Gasteiger partial charge >= 0.3 is 0 Å². The van der Waals surface area contributed by atoms with Crippen LogP contribution in [0.25, 0.3) is 0 Å². The highest BCUT2D eigenvalue weighted by Crippen LogP contribution is 2.25. The second-order valence-corrected chi connectivity index (χ2v) is 8.48. The standard InChI is InChI=1S/C21H22ClN3O5S/c1-3-11-23-20(26)10-12-24-21(27)16-6-9-18(30-2)19(13-16)31(28,29)25-14-15-4-7-17(22)8-5-15/h1,4-9,13,25H,10-12,14H2,2H3,(H,23,26)(H,24,27). The lowest BCUT2D eigenvalue weighted by molar-refractivity contribution is -0.120. The number of sulfonamides is 1. The minimum atomic E-state index is -3.98. The van der Waals surface area contributed by atoms with Gasteiger partial charge in [0.05, 0.1) is 13.7 Å². The van der Waals surface area contributed by atoms with Crippen LogP contribution in [0.15, 0.2) is 47.4 Å². The first kappa shape index (κ1) is 24.2. The Labute approximate surface area is 186 Å². The van der Waals surface area contributed by atoms with Crippen molar-refractivity contribution in [3.05, 3.63) is 58.6 Å². The number of amides is 2. The number of halogens is 1. The third-order valence-electron chi connectivity index (χ3n) is 4.12. The Morgan fingerprint density at radius 1 is 1.13 bits per heavy atom. The summed E-state index contributed by atoms with van der Waals surface area (Å²) in [6.45, 7) is 0.208. The second-order valence-electron chi connectivity index (χ2n) is 6.30. The smallest absolute Gasteiger partial charge is 0.251 e. The first-order chi connectivity index (χ1) is 14.8. The minimum Gasteiger partial charge on any atom is -0.495 e. The molecule has 2 amide bonds. The van der Waals surface area contributed by atoms with Gasteiger partial charge in [-0.1, -0.05) is 29.7 Å². The number of nitrogens with one attached hydrogen (secondary N) is 3. The molecule has 0 unspecified atom stereocenters. The molecule has 8 nitrogen and oxygen atoms in total. The summed E-state index contributed by atoms with van der Waals surface area (Å²) >= 11 is 5.84. The lowest BCUT2D eigenvalue weighted by Gasteiger charge is -2.13. The molecule has 31 heavy (non-hydrogen) atoms. The van der Waals surface area contributed by atoms with E-state index in [4.69, 9.17) is 22.8 Å². The van der Waals surface area contributed by atoms with E-state index < -0.39 is 15.9 Å². The summed E-state index contributed by atoms with van der Waals surface area (Å²) in [6, 6.07) is 10.8. The van der Waals surface area contributed by atoms with Gasteiger partial charge in [-0.2, -0.15) is 0 Å². The second kappa shape index (κ2) is 11.4. The topological polar surface area (TPSA) is 114 Å². The number of methoxy groups -OCH3 is 1. The summed E-state index contributed by atoms with van der Waals surface area (Å²) in [7, 11) is -2.65. The summed E-state index contributed by atoms with van der Waals surface area (Å²) in [5.41, 5.74) is 0.820. The fourth-order valence-electron chi connectivity index (χ4n) is 2.52. The largest absolute Gasteiger partial charge is 0.495 e. The minimum absolute atomic E-state index is 0.0336. The van der Waals surface area contributed by atoms with Crippen LogP contribution >= 0.6 is 11.6 Å². The average Bonchev–Trinajstić information content (AvgIpc) is 2.76. The van der Waals surface area contributed by atoms with Crippen LogP contribution in [0.1, 0.15) is 22.3 Å². The molecule has 0 spiro atoms. The average molecular weight is 464 g/mol. The number of carbonyl (C=O) groups excluding carboxylic acids is 2. The summed E-state index contributed by atoms with van der Waals surface area (Å²) in [6.07, 6.45) is 5.10. The van der Waals surface area contributed by atoms with Crippen molar-refractivity contribution in [1.29, 1.82) is 0 Å². The fraction of sp³-hybridized carbons (Fsp3) is 0.238. The molecule has 0 saturated heterocycles. The molecule has 2 rings (SSSR count). The first-order valence-electron chi connectivity index (χ1n) is 9.17. The van der Waals surface area contributed by atoms with Gasteiger partial charge < -0.3 is 15.4 Å². The number of ether oxygens (including phenoxy) is 1. The lowest BCUT2D eigenvalue weighted by atomic mass is 10.2. The number of benzene rings is 2. The van der Waals surface area contributed by atoms with Crippen molar-refractivity contribution in [1.82, 2.24) is 15.4 Å². The molecule has 164 valence electrons. The predicted octanol–water partition coefficient (Wildman–Crippen LogP) is 1.70. The SMILES string of the molecule is C#CCNC(=O)CCNC(=O)c1ccc(OC)c(S(=O)(=O)NCc2ccc(Cl)cc2)c1. The summed E-state index contributed by atoms with van der Waals surface area (Å²) < 4.78 is 33.3. The molecule has 2 aromatic rings. The third-order valence-corrected chi connectivity index (χ3v) is 5.79. The van der Waals surface area contributed by atoms with Crippen LogP contribution < -0.4 is 20.1 Å². The zero-order valence-electron chi connectivity index (χ0n) is 16.8. The Kier molecular flexibility index (Phi) is 8.88. The number of rotatable bonds is 10. The first-order valence-corrected chi connectivity index (χ1v) is 11.0. The molecule has 0 aliphatic carbocycles. The van der Waals surface area contributed by atoms with Crippen molar-refractivity contribution in [2.24, 2.45) is 0 Å². The highest BCUT2D eigenvalue weighted by Gasteiger charge is 2.21. The Hall–Kier alpha value is -3.06. The van der Waals surface area contributed by atoms with Crippen molar-refractivity contribution in [2.45, 2.75) is 17.9 Å². The van der Waals surface area contributed by atoms with E-state index in [-0.39, 0.29) is 48.2 Å². The van der Waals surface area contributed by atoms with Crippen LogP contribution in [0.2, 0.25) is 5.02 Å². The molecule has 0 bridgehead atoms. The van der Waals surface area contributed by atoms with Crippen LogP contribution in [-0.2, 0) is 21.4 Å². The molecule has 0 aliphatic heterocycles. The van der Waals surface area contributed by atoms with E-state index in [2.05, 4.69) is 21.3 Å². The maximum Gasteiger partial charge on any atom is 0.251 e. The molecule has 0 fully saturated rings. The van der Waals surface area contributed by atoms with E-state index in [0.717, 1.165) is 0 Å². The molecule has 0 aliphatic rings. The maximum atomic E-state index is 12.8. The van der Waals surface area contributed by atoms with Gasteiger partial charge in [-0.3, -0.25) is 9.59 Å². The van der Waals surface area contributed by atoms with Crippen molar-refractivity contribution < 1.29 is 22.7 Å². The number of terminal acetylenes is 1. The molecule has 3 N–H and O–H groups in total. The van der Waals surface area contributed by atoms with Crippen LogP contribution in [0.4, 0.5) is 0 Å². The van der Waals surface area contributed by atoms with E-state index in [1.165, 1.54) is 25.3 Å². The zero-order valence-corrected chi connectivity index (χ0v) is 18.3. The predicted molar refractivity (Wildman–Crippen MR) is 117 cm³/mol. The van der Waals surface area contributed by atoms with Crippen LogP contribution in [0, 0.1) is 12.3 Å². The molecule has 2 aromatic carbocycles. The normalized spacial score (nSPS) is 10.7. The highest BCUT2D eigenvalue weighted by molar-refractivity contribution is 7.89. The van der Waals surface area contributed by atoms with E-state index >= 15 is 0 Å². The van der Waals surface area contributed by atoms with Crippen molar-refractivity contribution in [3.8, 4) is 18.1 Å². The summed E-state index contributed by atoms with van der Waals surface area (Å²) in [4.78, 5) is 23.7. The van der Waals surface area contributed by atoms with Gasteiger partial charge in [0.25, 0.3) is 5.91 Å². The van der Waals surface area contributed by atoms with E-state index in [9.17, 15) is 18.0 Å². The van der Waals surface area contributed by atoms with Crippen molar-refractivity contribution in [3.63, 3.8) is 0 Å². The number of hydrogen-bond acceptors (Lipinski definition) is 5. The monoisotopic (exact) mass is 463 g/mol. The van der Waals surface area contributed by atoms with Gasteiger partial charge in [0.2, 0.25) is 15.9 Å².